The van der Waals surface area contributed by atoms with Crippen molar-refractivity contribution in [3.8, 4) is 11.1 Å². The molecule has 2 aromatic carbocycles. The summed E-state index contributed by atoms with van der Waals surface area (Å²) < 4.78 is 27.6. The molecule has 1 N–H and O–H groups in total. The van der Waals surface area contributed by atoms with Gasteiger partial charge in [-0.3, -0.25) is 0 Å². The third-order valence-electron chi connectivity index (χ3n) is 3.24. The van der Waals surface area contributed by atoms with Gasteiger partial charge in [0.1, 0.15) is 11.6 Å². The Morgan fingerprint density at radius 3 is 2.25 bits per heavy atom. The molecule has 2 rings (SSSR count). The molecule has 20 heavy (non-hydrogen) atoms. The highest BCUT2D eigenvalue weighted by molar-refractivity contribution is 5.68. The smallest absolute Gasteiger partial charge is 0.133 e. The van der Waals surface area contributed by atoms with Crippen molar-refractivity contribution in [2.45, 2.75) is 33.4 Å². The zero-order chi connectivity index (χ0) is 14.7. The van der Waals surface area contributed by atoms with E-state index in [1.165, 1.54) is 18.2 Å². The summed E-state index contributed by atoms with van der Waals surface area (Å²) in [6.45, 7) is 6.78. The third-order valence-corrected chi connectivity index (χ3v) is 3.24. The van der Waals surface area contributed by atoms with E-state index in [0.717, 1.165) is 17.7 Å². The van der Waals surface area contributed by atoms with Crippen LogP contribution in [0.4, 0.5) is 8.78 Å². The molecule has 0 bridgehead atoms. The van der Waals surface area contributed by atoms with Gasteiger partial charge in [0, 0.05) is 12.6 Å². The largest absolute Gasteiger partial charge is 0.310 e. The molecule has 2 aromatic rings. The van der Waals surface area contributed by atoms with Crippen molar-refractivity contribution >= 4 is 0 Å². The van der Waals surface area contributed by atoms with Crippen LogP contribution in [-0.4, -0.2) is 6.04 Å². The molecule has 0 atom stereocenters. The first-order valence-corrected chi connectivity index (χ1v) is 6.76. The molecule has 0 aliphatic carbocycles. The van der Waals surface area contributed by atoms with Crippen LogP contribution in [0.15, 0.2) is 36.4 Å². The number of halogens is 2. The minimum Gasteiger partial charge on any atom is -0.310 e. The second-order valence-corrected chi connectivity index (χ2v) is 5.28. The van der Waals surface area contributed by atoms with Crippen molar-refractivity contribution in [3.63, 3.8) is 0 Å². The molecule has 0 aromatic heterocycles. The lowest BCUT2D eigenvalue weighted by Gasteiger charge is -2.12. The van der Waals surface area contributed by atoms with Gasteiger partial charge in [-0.25, -0.2) is 8.78 Å². The van der Waals surface area contributed by atoms with Crippen LogP contribution in [0, 0.1) is 18.6 Å². The Morgan fingerprint density at radius 2 is 1.70 bits per heavy atom. The van der Waals surface area contributed by atoms with Crippen LogP contribution >= 0.6 is 0 Å². The summed E-state index contributed by atoms with van der Waals surface area (Å²) in [6.07, 6.45) is 0. The van der Waals surface area contributed by atoms with Gasteiger partial charge in [0.15, 0.2) is 0 Å². The first-order valence-electron chi connectivity index (χ1n) is 6.76. The Bertz CT molecular complexity index is 586. The highest BCUT2D eigenvalue weighted by Crippen LogP contribution is 2.29. The molecule has 1 nitrogen and oxygen atoms in total. The second-order valence-electron chi connectivity index (χ2n) is 5.28. The van der Waals surface area contributed by atoms with Gasteiger partial charge < -0.3 is 5.32 Å². The van der Waals surface area contributed by atoms with Crippen molar-refractivity contribution in [1.82, 2.24) is 5.32 Å². The number of hydrogen-bond donors (Lipinski definition) is 1. The Morgan fingerprint density at radius 1 is 1.05 bits per heavy atom. The Labute approximate surface area is 118 Å². The van der Waals surface area contributed by atoms with Gasteiger partial charge in [-0.2, -0.15) is 0 Å². The first kappa shape index (κ1) is 14.7. The number of rotatable bonds is 4. The van der Waals surface area contributed by atoms with Gasteiger partial charge >= 0.3 is 0 Å². The van der Waals surface area contributed by atoms with Crippen LogP contribution in [0.25, 0.3) is 11.1 Å². The number of nitrogens with one attached hydrogen (secondary N) is 1. The van der Waals surface area contributed by atoms with Crippen LogP contribution in [0.1, 0.15) is 25.0 Å². The summed E-state index contributed by atoms with van der Waals surface area (Å²) in [6, 6.07) is 10.0. The van der Waals surface area contributed by atoms with Crippen LogP contribution in [0.5, 0.6) is 0 Å². The molecule has 0 saturated heterocycles. The van der Waals surface area contributed by atoms with Gasteiger partial charge in [-0.1, -0.05) is 38.1 Å². The molecule has 0 radical (unpaired) electrons. The second kappa shape index (κ2) is 6.14. The van der Waals surface area contributed by atoms with E-state index in [1.54, 1.807) is 6.07 Å². The standard InChI is InChI=1S/C17H19F2N/c1-11(2)20-10-13-7-8-14(12(3)9-13)17-15(18)5-4-6-16(17)19/h4-9,11,20H,10H2,1-3H3. The van der Waals surface area contributed by atoms with Gasteiger partial charge in [0.05, 0.1) is 5.56 Å². The summed E-state index contributed by atoms with van der Waals surface area (Å²) in [5.74, 6) is -1.05. The van der Waals surface area contributed by atoms with Crippen LogP contribution in [-0.2, 0) is 6.54 Å². The zero-order valence-electron chi connectivity index (χ0n) is 12.0. The van der Waals surface area contributed by atoms with E-state index >= 15 is 0 Å². The highest BCUT2D eigenvalue weighted by atomic mass is 19.1. The monoisotopic (exact) mass is 275 g/mol. The van der Waals surface area contributed by atoms with E-state index in [-0.39, 0.29) is 5.56 Å². The molecule has 0 aliphatic rings. The maximum absolute atomic E-state index is 13.8. The predicted molar refractivity (Wildman–Crippen MR) is 78.5 cm³/mol. The van der Waals surface area contributed by atoms with Gasteiger partial charge in [0.2, 0.25) is 0 Å². The number of hydrogen-bond acceptors (Lipinski definition) is 1. The fourth-order valence-electron chi connectivity index (χ4n) is 2.19. The van der Waals surface area contributed by atoms with Crippen LogP contribution < -0.4 is 5.32 Å². The fraction of sp³-hybridized carbons (Fsp3) is 0.294. The van der Waals surface area contributed by atoms with Gasteiger partial charge in [0.25, 0.3) is 0 Å². The zero-order valence-corrected chi connectivity index (χ0v) is 12.0. The Hall–Kier alpha value is -1.74. The van der Waals surface area contributed by atoms with E-state index in [2.05, 4.69) is 19.2 Å². The Balaban J connectivity index is 2.35. The van der Waals surface area contributed by atoms with Crippen molar-refractivity contribution in [3.05, 3.63) is 59.2 Å². The van der Waals surface area contributed by atoms with Crippen molar-refractivity contribution in [2.24, 2.45) is 0 Å². The van der Waals surface area contributed by atoms with Crippen LogP contribution in [0.3, 0.4) is 0 Å². The van der Waals surface area contributed by atoms with E-state index in [1.807, 2.05) is 19.1 Å². The van der Waals surface area contributed by atoms with Crippen molar-refractivity contribution in [2.75, 3.05) is 0 Å². The van der Waals surface area contributed by atoms with Crippen molar-refractivity contribution < 1.29 is 8.78 Å². The molecule has 0 fully saturated rings. The van der Waals surface area contributed by atoms with Gasteiger partial charge in [-0.15, -0.1) is 0 Å². The number of aryl methyl sites for hydroxylation is 1. The lowest BCUT2D eigenvalue weighted by Crippen LogP contribution is -2.21. The molecular formula is C17H19F2N. The van der Waals surface area contributed by atoms with E-state index in [0.29, 0.717) is 11.6 Å². The molecule has 106 valence electrons. The summed E-state index contributed by atoms with van der Waals surface area (Å²) >= 11 is 0. The molecular weight excluding hydrogens is 256 g/mol. The Kier molecular flexibility index (Phi) is 4.50. The SMILES string of the molecule is Cc1cc(CNC(C)C)ccc1-c1c(F)cccc1F. The topological polar surface area (TPSA) is 12.0 Å². The molecule has 3 heteroatoms. The summed E-state index contributed by atoms with van der Waals surface area (Å²) in [4.78, 5) is 0. The first-order chi connectivity index (χ1) is 9.49. The molecule has 0 aliphatic heterocycles. The predicted octanol–water partition coefficient (Wildman–Crippen LogP) is 4.44. The third kappa shape index (κ3) is 3.23. The summed E-state index contributed by atoms with van der Waals surface area (Å²) in [5, 5.41) is 3.32. The highest BCUT2D eigenvalue weighted by Gasteiger charge is 2.13. The molecule has 0 spiro atoms. The average molecular weight is 275 g/mol. The molecule has 0 heterocycles. The molecule has 0 unspecified atom stereocenters. The number of benzene rings is 2. The fourth-order valence-corrected chi connectivity index (χ4v) is 2.19. The maximum Gasteiger partial charge on any atom is 0.133 e. The summed E-state index contributed by atoms with van der Waals surface area (Å²) in [5.41, 5.74) is 2.64. The normalized spacial score (nSPS) is 11.1. The summed E-state index contributed by atoms with van der Waals surface area (Å²) in [7, 11) is 0. The van der Waals surface area contributed by atoms with Crippen LogP contribution in [0.2, 0.25) is 0 Å². The van der Waals surface area contributed by atoms with Gasteiger partial charge in [-0.05, 0) is 35.7 Å². The maximum atomic E-state index is 13.8. The van der Waals surface area contributed by atoms with E-state index in [9.17, 15) is 8.78 Å². The lowest BCUT2D eigenvalue weighted by atomic mass is 9.97. The van der Waals surface area contributed by atoms with Crippen molar-refractivity contribution in [1.29, 1.82) is 0 Å². The molecule has 0 amide bonds. The lowest BCUT2D eigenvalue weighted by molar-refractivity contribution is 0.587. The van der Waals surface area contributed by atoms with E-state index < -0.39 is 11.6 Å². The molecule has 0 saturated carbocycles. The minimum atomic E-state index is -0.527. The minimum absolute atomic E-state index is 0.0494. The van der Waals surface area contributed by atoms with E-state index in [4.69, 9.17) is 0 Å². The average Bonchev–Trinajstić information content (AvgIpc) is 2.38. The quantitative estimate of drug-likeness (QED) is 0.870.